The van der Waals surface area contributed by atoms with Gasteiger partial charge in [-0.1, -0.05) is 15.9 Å². The van der Waals surface area contributed by atoms with E-state index in [1.54, 1.807) is 17.4 Å². The van der Waals surface area contributed by atoms with Crippen molar-refractivity contribution in [3.8, 4) is 0 Å². The van der Waals surface area contributed by atoms with Gasteiger partial charge in [0, 0.05) is 33.9 Å². The number of rotatable bonds is 6. The zero-order valence-electron chi connectivity index (χ0n) is 14.4. The van der Waals surface area contributed by atoms with E-state index < -0.39 is 11.7 Å². The number of primary amides is 1. The Bertz CT molecular complexity index is 793. The summed E-state index contributed by atoms with van der Waals surface area (Å²) in [7, 11) is 0. The Morgan fingerprint density at radius 3 is 2.77 bits per heavy atom. The van der Waals surface area contributed by atoms with E-state index in [0.717, 1.165) is 13.1 Å². The van der Waals surface area contributed by atoms with Crippen molar-refractivity contribution in [2.45, 2.75) is 13.0 Å². The molecule has 1 aliphatic heterocycles. The van der Waals surface area contributed by atoms with Crippen LogP contribution in [0.25, 0.3) is 0 Å². The SMILES string of the molecule is Cc1ccc(C(CNc2cc(Br)cc(F)c2C(N)=O)N2CCOCC2)s1. The summed E-state index contributed by atoms with van der Waals surface area (Å²) in [4.78, 5) is 16.5. The number of hydrogen-bond donors (Lipinski definition) is 2. The lowest BCUT2D eigenvalue weighted by Crippen LogP contribution is -2.41. The summed E-state index contributed by atoms with van der Waals surface area (Å²) in [5.41, 5.74) is 5.65. The fraction of sp³-hybridized carbons (Fsp3) is 0.389. The van der Waals surface area contributed by atoms with Crippen molar-refractivity contribution in [2.75, 3.05) is 38.2 Å². The molecule has 3 rings (SSSR count). The molecule has 140 valence electrons. The van der Waals surface area contributed by atoms with Crippen LogP contribution in [0, 0.1) is 12.7 Å². The van der Waals surface area contributed by atoms with Gasteiger partial charge in [-0.2, -0.15) is 0 Å². The van der Waals surface area contributed by atoms with Crippen LogP contribution in [0.4, 0.5) is 10.1 Å². The maximum atomic E-state index is 14.2. The van der Waals surface area contributed by atoms with Crippen LogP contribution in [-0.4, -0.2) is 43.7 Å². The standard InChI is InChI=1S/C18H21BrFN3O2S/c1-11-2-3-16(26-11)15(23-4-6-25-7-5-23)10-22-14-9-12(19)8-13(20)17(14)18(21)24/h2-3,8-9,15,22H,4-7,10H2,1H3,(H2,21,24). The summed E-state index contributed by atoms with van der Waals surface area (Å²) >= 11 is 5.02. The van der Waals surface area contributed by atoms with E-state index in [1.807, 2.05) is 0 Å². The highest BCUT2D eigenvalue weighted by Crippen LogP contribution is 2.30. The van der Waals surface area contributed by atoms with Crippen LogP contribution in [0.5, 0.6) is 0 Å². The number of benzene rings is 1. The number of halogens is 2. The second-order valence-electron chi connectivity index (χ2n) is 6.17. The number of nitrogens with zero attached hydrogens (tertiary/aromatic N) is 1. The molecule has 1 unspecified atom stereocenters. The molecule has 1 aliphatic rings. The molecule has 0 aliphatic carbocycles. The highest BCUT2D eigenvalue weighted by Gasteiger charge is 2.25. The van der Waals surface area contributed by atoms with Gasteiger partial charge in [-0.3, -0.25) is 9.69 Å². The van der Waals surface area contributed by atoms with Crippen LogP contribution in [0.15, 0.2) is 28.7 Å². The summed E-state index contributed by atoms with van der Waals surface area (Å²) in [6.07, 6.45) is 0. The lowest BCUT2D eigenvalue weighted by Gasteiger charge is -2.34. The predicted molar refractivity (Wildman–Crippen MR) is 105 cm³/mol. The summed E-state index contributed by atoms with van der Waals surface area (Å²) < 4.78 is 20.2. The van der Waals surface area contributed by atoms with Gasteiger partial charge in [0.25, 0.3) is 5.91 Å². The molecule has 1 aromatic heterocycles. The minimum absolute atomic E-state index is 0.111. The second kappa shape index (κ2) is 8.47. The average Bonchev–Trinajstić information content (AvgIpc) is 3.01. The van der Waals surface area contributed by atoms with Gasteiger partial charge in [0.15, 0.2) is 0 Å². The average molecular weight is 442 g/mol. The Morgan fingerprint density at radius 1 is 1.42 bits per heavy atom. The molecule has 1 fully saturated rings. The molecule has 1 amide bonds. The number of ether oxygens (including phenoxy) is 1. The Kier molecular flexibility index (Phi) is 6.29. The first-order chi connectivity index (χ1) is 12.5. The molecule has 0 radical (unpaired) electrons. The van der Waals surface area contributed by atoms with E-state index in [9.17, 15) is 9.18 Å². The Labute approximate surface area is 164 Å². The molecule has 0 bridgehead atoms. The molecule has 2 aromatic rings. The van der Waals surface area contributed by atoms with E-state index in [-0.39, 0.29) is 11.6 Å². The largest absolute Gasteiger partial charge is 0.382 e. The van der Waals surface area contributed by atoms with Gasteiger partial charge in [-0.05, 0) is 31.2 Å². The summed E-state index contributed by atoms with van der Waals surface area (Å²) in [5, 5.41) is 3.23. The number of nitrogens with two attached hydrogens (primary N) is 1. The minimum atomic E-state index is -0.785. The van der Waals surface area contributed by atoms with E-state index in [2.05, 4.69) is 45.2 Å². The van der Waals surface area contributed by atoms with Crippen molar-refractivity contribution >= 4 is 38.9 Å². The lowest BCUT2D eigenvalue weighted by atomic mass is 10.1. The molecule has 2 heterocycles. The molecule has 0 spiro atoms. The van der Waals surface area contributed by atoms with Crippen LogP contribution in [0.1, 0.15) is 26.2 Å². The van der Waals surface area contributed by atoms with Crippen molar-refractivity contribution in [1.29, 1.82) is 0 Å². The first-order valence-electron chi connectivity index (χ1n) is 8.36. The molecule has 1 atom stereocenters. The summed E-state index contributed by atoms with van der Waals surface area (Å²) in [6, 6.07) is 7.26. The van der Waals surface area contributed by atoms with Crippen LogP contribution < -0.4 is 11.1 Å². The molecule has 0 saturated carbocycles. The van der Waals surface area contributed by atoms with E-state index in [0.29, 0.717) is 29.9 Å². The zero-order chi connectivity index (χ0) is 18.7. The lowest BCUT2D eigenvalue weighted by molar-refractivity contribution is 0.0194. The summed E-state index contributed by atoms with van der Waals surface area (Å²) in [5.74, 6) is -1.42. The topological polar surface area (TPSA) is 67.6 Å². The number of carbonyl (C=O) groups excluding carboxylic acids is 1. The fourth-order valence-electron chi connectivity index (χ4n) is 3.10. The maximum absolute atomic E-state index is 14.2. The quantitative estimate of drug-likeness (QED) is 0.718. The van der Waals surface area contributed by atoms with Gasteiger partial charge in [-0.15, -0.1) is 11.3 Å². The normalized spacial score (nSPS) is 16.4. The van der Waals surface area contributed by atoms with Gasteiger partial charge in [0.05, 0.1) is 30.5 Å². The Hall–Kier alpha value is -1.48. The third-order valence-corrected chi connectivity index (χ3v) is 5.92. The van der Waals surface area contributed by atoms with E-state index >= 15 is 0 Å². The molecule has 5 nitrogen and oxygen atoms in total. The number of thiophene rings is 1. The molecule has 1 aromatic carbocycles. The highest BCUT2D eigenvalue weighted by atomic mass is 79.9. The molecule has 26 heavy (non-hydrogen) atoms. The van der Waals surface area contributed by atoms with E-state index in [1.165, 1.54) is 15.8 Å². The molecular weight excluding hydrogens is 421 g/mol. The monoisotopic (exact) mass is 441 g/mol. The van der Waals surface area contributed by atoms with Crippen molar-refractivity contribution in [1.82, 2.24) is 4.90 Å². The third kappa shape index (κ3) is 4.43. The molecular formula is C18H21BrFN3O2S. The number of aryl methyl sites for hydroxylation is 1. The number of amides is 1. The van der Waals surface area contributed by atoms with Crippen molar-refractivity contribution in [3.05, 3.63) is 49.9 Å². The van der Waals surface area contributed by atoms with Gasteiger partial charge in [-0.25, -0.2) is 4.39 Å². The highest BCUT2D eigenvalue weighted by molar-refractivity contribution is 9.10. The van der Waals surface area contributed by atoms with Gasteiger partial charge >= 0.3 is 0 Å². The molecule has 1 saturated heterocycles. The number of nitrogens with one attached hydrogen (secondary N) is 1. The Balaban J connectivity index is 1.85. The number of carbonyl (C=O) groups is 1. The number of anilines is 1. The van der Waals surface area contributed by atoms with Crippen LogP contribution in [0.3, 0.4) is 0 Å². The number of hydrogen-bond acceptors (Lipinski definition) is 5. The number of morpholine rings is 1. The van der Waals surface area contributed by atoms with Crippen LogP contribution >= 0.6 is 27.3 Å². The van der Waals surface area contributed by atoms with Gasteiger partial charge in [0.1, 0.15) is 5.82 Å². The predicted octanol–water partition coefficient (Wildman–Crippen LogP) is 3.54. The van der Waals surface area contributed by atoms with Crippen LogP contribution in [-0.2, 0) is 4.74 Å². The van der Waals surface area contributed by atoms with E-state index in [4.69, 9.17) is 10.5 Å². The summed E-state index contributed by atoms with van der Waals surface area (Å²) in [6.45, 7) is 5.67. The van der Waals surface area contributed by atoms with Crippen LogP contribution in [0.2, 0.25) is 0 Å². The molecule has 8 heteroatoms. The van der Waals surface area contributed by atoms with Crippen molar-refractivity contribution < 1.29 is 13.9 Å². The smallest absolute Gasteiger partial charge is 0.253 e. The zero-order valence-corrected chi connectivity index (χ0v) is 16.8. The van der Waals surface area contributed by atoms with Gasteiger partial charge in [0.2, 0.25) is 0 Å². The fourth-order valence-corrected chi connectivity index (χ4v) is 4.54. The first-order valence-corrected chi connectivity index (χ1v) is 9.97. The first kappa shape index (κ1) is 19.3. The minimum Gasteiger partial charge on any atom is -0.382 e. The maximum Gasteiger partial charge on any atom is 0.253 e. The third-order valence-electron chi connectivity index (χ3n) is 4.36. The second-order valence-corrected chi connectivity index (χ2v) is 8.40. The van der Waals surface area contributed by atoms with Crippen molar-refractivity contribution in [3.63, 3.8) is 0 Å². The van der Waals surface area contributed by atoms with Gasteiger partial charge < -0.3 is 15.8 Å². The van der Waals surface area contributed by atoms with Crippen molar-refractivity contribution in [2.24, 2.45) is 5.73 Å². The Morgan fingerprint density at radius 2 is 2.15 bits per heavy atom. The molecule has 3 N–H and O–H groups in total.